The van der Waals surface area contributed by atoms with E-state index in [9.17, 15) is 4.79 Å². The summed E-state index contributed by atoms with van der Waals surface area (Å²) in [5.41, 5.74) is 6.94. The molecule has 1 saturated carbocycles. The monoisotopic (exact) mass is 327 g/mol. The van der Waals surface area contributed by atoms with E-state index in [1.165, 1.54) is 12.8 Å². The third-order valence-electron chi connectivity index (χ3n) is 3.23. The smallest absolute Gasteiger partial charge is 0.303 e. The summed E-state index contributed by atoms with van der Waals surface area (Å²) < 4.78 is 6.72. The molecule has 1 aliphatic rings. The van der Waals surface area contributed by atoms with Crippen molar-refractivity contribution >= 4 is 21.9 Å². The Morgan fingerprint density at radius 3 is 2.89 bits per heavy atom. The van der Waals surface area contributed by atoms with Crippen LogP contribution in [0.15, 0.2) is 22.7 Å². The van der Waals surface area contributed by atoms with Gasteiger partial charge in [0.1, 0.15) is 5.75 Å². The Hall–Kier alpha value is -1.07. The van der Waals surface area contributed by atoms with E-state index in [0.717, 1.165) is 15.8 Å². The summed E-state index contributed by atoms with van der Waals surface area (Å²) in [7, 11) is 0. The molecule has 1 unspecified atom stereocenters. The first-order valence-corrected chi connectivity index (χ1v) is 7.26. The third kappa shape index (κ3) is 4.21. The maximum Gasteiger partial charge on any atom is 0.303 e. The fraction of sp³-hybridized carbons (Fsp3) is 0.500. The van der Waals surface area contributed by atoms with Gasteiger partial charge < -0.3 is 15.6 Å². The number of rotatable bonds is 7. The number of carbonyl (C=O) groups is 1. The van der Waals surface area contributed by atoms with Gasteiger partial charge in [-0.2, -0.15) is 0 Å². The summed E-state index contributed by atoms with van der Waals surface area (Å²) in [4.78, 5) is 10.6. The topological polar surface area (TPSA) is 72.6 Å². The maximum atomic E-state index is 10.6. The van der Waals surface area contributed by atoms with Crippen LogP contribution in [0.3, 0.4) is 0 Å². The summed E-state index contributed by atoms with van der Waals surface area (Å²) in [6.45, 7) is 0.710. The van der Waals surface area contributed by atoms with Crippen LogP contribution in [0.25, 0.3) is 0 Å². The second kappa shape index (κ2) is 6.39. The highest BCUT2D eigenvalue weighted by Crippen LogP contribution is 2.36. The predicted molar refractivity (Wildman–Crippen MR) is 76.2 cm³/mol. The molecule has 0 bridgehead atoms. The van der Waals surface area contributed by atoms with Crippen molar-refractivity contribution in [1.29, 1.82) is 0 Å². The normalized spacial score (nSPS) is 16.1. The Morgan fingerprint density at radius 1 is 1.53 bits per heavy atom. The zero-order valence-corrected chi connectivity index (χ0v) is 12.2. The van der Waals surface area contributed by atoms with Gasteiger partial charge in [-0.1, -0.05) is 12.1 Å². The highest BCUT2D eigenvalue weighted by Gasteiger charge is 2.23. The lowest BCUT2D eigenvalue weighted by atomic mass is 10.0. The van der Waals surface area contributed by atoms with Crippen LogP contribution in [0.1, 0.15) is 37.3 Å². The van der Waals surface area contributed by atoms with Crippen molar-refractivity contribution in [1.82, 2.24) is 0 Å². The van der Waals surface area contributed by atoms with Crippen molar-refractivity contribution in [2.24, 2.45) is 11.7 Å². The molecule has 1 aromatic carbocycles. The molecule has 19 heavy (non-hydrogen) atoms. The number of benzene rings is 1. The molecule has 1 aromatic rings. The highest BCUT2D eigenvalue weighted by molar-refractivity contribution is 9.10. The van der Waals surface area contributed by atoms with E-state index in [0.29, 0.717) is 18.9 Å². The van der Waals surface area contributed by atoms with Crippen LogP contribution in [0, 0.1) is 5.92 Å². The molecule has 0 aliphatic heterocycles. The highest BCUT2D eigenvalue weighted by atomic mass is 79.9. The Balaban J connectivity index is 2.08. The maximum absolute atomic E-state index is 10.6. The number of nitrogens with two attached hydrogens (primary N) is 1. The number of ether oxygens (including phenoxy) is 1. The molecule has 0 saturated heterocycles. The number of aliphatic carboxylic acids is 1. The Labute approximate surface area is 121 Å². The van der Waals surface area contributed by atoms with Gasteiger partial charge in [0.05, 0.1) is 11.1 Å². The van der Waals surface area contributed by atoms with Gasteiger partial charge in [0.2, 0.25) is 0 Å². The van der Waals surface area contributed by atoms with Gasteiger partial charge in [-0.25, -0.2) is 0 Å². The second-order valence-corrected chi connectivity index (χ2v) is 5.81. The molecule has 0 heterocycles. The van der Waals surface area contributed by atoms with Crippen molar-refractivity contribution in [3.8, 4) is 5.75 Å². The Kier molecular flexibility index (Phi) is 4.82. The first-order chi connectivity index (χ1) is 9.08. The Bertz CT molecular complexity index is 460. The van der Waals surface area contributed by atoms with E-state index in [1.807, 2.05) is 18.2 Å². The predicted octanol–water partition coefficient (Wildman–Crippen LogP) is 3.10. The van der Waals surface area contributed by atoms with E-state index < -0.39 is 5.97 Å². The van der Waals surface area contributed by atoms with Gasteiger partial charge in [-0.3, -0.25) is 4.79 Å². The van der Waals surface area contributed by atoms with E-state index >= 15 is 0 Å². The molecule has 4 nitrogen and oxygen atoms in total. The van der Waals surface area contributed by atoms with Gasteiger partial charge in [0.15, 0.2) is 0 Å². The number of hydrogen-bond donors (Lipinski definition) is 2. The van der Waals surface area contributed by atoms with Crippen LogP contribution in [0.2, 0.25) is 0 Å². The molecule has 1 fully saturated rings. The quantitative estimate of drug-likeness (QED) is 0.807. The van der Waals surface area contributed by atoms with E-state index in [1.54, 1.807) is 0 Å². The minimum absolute atomic E-state index is 0.0652. The first-order valence-electron chi connectivity index (χ1n) is 6.46. The summed E-state index contributed by atoms with van der Waals surface area (Å²) in [5.74, 6) is 0.591. The molecule has 1 atom stereocenters. The lowest BCUT2D eigenvalue weighted by Crippen LogP contribution is -2.14. The summed E-state index contributed by atoms with van der Waals surface area (Å²) in [6.07, 6.45) is 2.93. The molecule has 2 rings (SSSR count). The number of para-hydroxylation sites is 1. The number of carboxylic acids is 1. The number of halogens is 1. The minimum Gasteiger partial charge on any atom is -0.492 e. The number of hydrogen-bond acceptors (Lipinski definition) is 3. The van der Waals surface area contributed by atoms with Crippen LogP contribution in [-0.4, -0.2) is 17.7 Å². The molecule has 5 heteroatoms. The van der Waals surface area contributed by atoms with E-state index in [-0.39, 0.29) is 12.5 Å². The number of carboxylic acid groups (broad SMARTS) is 1. The zero-order valence-electron chi connectivity index (χ0n) is 10.6. The zero-order chi connectivity index (χ0) is 13.8. The van der Waals surface area contributed by atoms with Crippen LogP contribution in [-0.2, 0) is 4.79 Å². The first kappa shape index (κ1) is 14.3. The van der Waals surface area contributed by atoms with Crippen LogP contribution >= 0.6 is 15.9 Å². The fourth-order valence-corrected chi connectivity index (χ4v) is 2.39. The van der Waals surface area contributed by atoms with Crippen molar-refractivity contribution < 1.29 is 14.6 Å². The molecular weight excluding hydrogens is 310 g/mol. The fourth-order valence-electron chi connectivity index (χ4n) is 1.89. The average Bonchev–Trinajstić information content (AvgIpc) is 3.18. The summed E-state index contributed by atoms with van der Waals surface area (Å²) >= 11 is 3.47. The van der Waals surface area contributed by atoms with Gasteiger partial charge in [-0.15, -0.1) is 0 Å². The molecular formula is C14H18BrNO3. The largest absolute Gasteiger partial charge is 0.492 e. The average molecular weight is 328 g/mol. The molecule has 0 spiro atoms. The summed E-state index contributed by atoms with van der Waals surface area (Å²) in [6, 6.07) is 5.39. The van der Waals surface area contributed by atoms with Crippen molar-refractivity contribution in [2.45, 2.75) is 31.7 Å². The van der Waals surface area contributed by atoms with Crippen LogP contribution in [0.5, 0.6) is 5.75 Å². The van der Waals surface area contributed by atoms with Gasteiger partial charge in [0.25, 0.3) is 0 Å². The van der Waals surface area contributed by atoms with Crippen molar-refractivity contribution in [2.75, 3.05) is 6.61 Å². The molecule has 3 N–H and O–H groups in total. The third-order valence-corrected chi connectivity index (χ3v) is 3.85. The molecule has 0 amide bonds. The van der Waals surface area contributed by atoms with Crippen molar-refractivity contribution in [3.63, 3.8) is 0 Å². The van der Waals surface area contributed by atoms with Crippen molar-refractivity contribution in [3.05, 3.63) is 28.2 Å². The minimum atomic E-state index is -0.828. The van der Waals surface area contributed by atoms with Crippen LogP contribution < -0.4 is 10.5 Å². The van der Waals surface area contributed by atoms with E-state index in [4.69, 9.17) is 15.6 Å². The SMILES string of the molecule is NC(CCC(=O)O)c1cccc(Br)c1OCC1CC1. The molecule has 1 aliphatic carbocycles. The second-order valence-electron chi connectivity index (χ2n) is 4.95. The van der Waals surface area contributed by atoms with Gasteiger partial charge in [-0.05, 0) is 47.2 Å². The van der Waals surface area contributed by atoms with Gasteiger partial charge >= 0.3 is 5.97 Å². The Morgan fingerprint density at radius 2 is 2.26 bits per heavy atom. The standard InChI is InChI=1S/C14H18BrNO3/c15-11-3-1-2-10(12(16)6-7-13(17)18)14(11)19-8-9-4-5-9/h1-3,9,12H,4-8,16H2,(H,17,18). The molecule has 0 aromatic heterocycles. The lowest BCUT2D eigenvalue weighted by Gasteiger charge is -2.17. The summed E-state index contributed by atoms with van der Waals surface area (Å²) in [5, 5.41) is 8.72. The van der Waals surface area contributed by atoms with Crippen LogP contribution in [0.4, 0.5) is 0 Å². The van der Waals surface area contributed by atoms with Gasteiger partial charge in [0, 0.05) is 18.0 Å². The van der Waals surface area contributed by atoms with E-state index in [2.05, 4.69) is 15.9 Å². The lowest BCUT2D eigenvalue weighted by molar-refractivity contribution is -0.137. The molecule has 104 valence electrons. The molecule has 0 radical (unpaired) electrons.